The van der Waals surface area contributed by atoms with Crippen molar-refractivity contribution < 1.29 is 9.53 Å². The Morgan fingerprint density at radius 2 is 1.67 bits per heavy atom. The Morgan fingerprint density at radius 3 is 2.41 bits per heavy atom. The van der Waals surface area contributed by atoms with E-state index >= 15 is 0 Å². The van der Waals surface area contributed by atoms with Gasteiger partial charge in [-0.1, -0.05) is 56.9 Å². The molecule has 0 aliphatic heterocycles. The van der Waals surface area contributed by atoms with Crippen LogP contribution in [0.5, 0.6) is 5.75 Å². The van der Waals surface area contributed by atoms with Gasteiger partial charge in [-0.25, -0.2) is 0 Å². The molecule has 27 heavy (non-hydrogen) atoms. The van der Waals surface area contributed by atoms with E-state index in [-0.39, 0.29) is 12.5 Å². The van der Waals surface area contributed by atoms with Gasteiger partial charge in [0.25, 0.3) is 0 Å². The van der Waals surface area contributed by atoms with E-state index in [1.807, 2.05) is 56.3 Å². The summed E-state index contributed by atoms with van der Waals surface area (Å²) in [5.41, 5.74) is 3.91. The largest absolute Gasteiger partial charge is 0.494 e. The third-order valence-electron chi connectivity index (χ3n) is 4.55. The molecule has 2 N–H and O–H groups in total. The standard InChI is InChI=1S/C23H32N2O2/c1-4-5-6-7-8-15-27-21-14-10-13-20(16-21)24-17-22(26)25-23-18(2)11-9-12-19(23)3/h9-14,16,24H,4-8,15,17H2,1-3H3,(H,25,26). The van der Waals surface area contributed by atoms with Crippen molar-refractivity contribution in [1.29, 1.82) is 0 Å². The number of hydrogen-bond acceptors (Lipinski definition) is 3. The molecule has 0 fully saturated rings. The molecule has 0 unspecified atom stereocenters. The van der Waals surface area contributed by atoms with E-state index in [1.54, 1.807) is 0 Å². The van der Waals surface area contributed by atoms with E-state index in [4.69, 9.17) is 4.74 Å². The van der Waals surface area contributed by atoms with Gasteiger partial charge in [0, 0.05) is 17.4 Å². The summed E-state index contributed by atoms with van der Waals surface area (Å²) in [6, 6.07) is 13.8. The zero-order valence-electron chi connectivity index (χ0n) is 16.8. The van der Waals surface area contributed by atoms with Gasteiger partial charge in [0.1, 0.15) is 5.75 Å². The molecule has 2 rings (SSSR count). The van der Waals surface area contributed by atoms with Crippen LogP contribution < -0.4 is 15.4 Å². The third kappa shape index (κ3) is 7.33. The summed E-state index contributed by atoms with van der Waals surface area (Å²) < 4.78 is 5.82. The Balaban J connectivity index is 1.78. The quantitative estimate of drug-likeness (QED) is 0.500. The number of carbonyl (C=O) groups excluding carboxylic acids is 1. The molecule has 4 heteroatoms. The molecular weight excluding hydrogens is 336 g/mol. The molecule has 0 aliphatic carbocycles. The molecule has 0 saturated heterocycles. The third-order valence-corrected chi connectivity index (χ3v) is 4.55. The first-order chi connectivity index (χ1) is 13.1. The van der Waals surface area contributed by atoms with Crippen LogP contribution in [0.15, 0.2) is 42.5 Å². The number of amides is 1. The second-order valence-electron chi connectivity index (χ2n) is 6.96. The summed E-state index contributed by atoms with van der Waals surface area (Å²) >= 11 is 0. The number of unbranched alkanes of at least 4 members (excludes halogenated alkanes) is 4. The van der Waals surface area contributed by atoms with E-state index in [0.717, 1.165) is 41.3 Å². The number of anilines is 2. The van der Waals surface area contributed by atoms with Crippen molar-refractivity contribution >= 4 is 17.3 Å². The van der Waals surface area contributed by atoms with Gasteiger partial charge in [0.2, 0.25) is 5.91 Å². The molecule has 0 spiro atoms. The van der Waals surface area contributed by atoms with E-state index in [1.165, 1.54) is 25.7 Å². The average molecular weight is 369 g/mol. The molecule has 1 amide bonds. The first kappa shape index (κ1) is 20.8. The topological polar surface area (TPSA) is 50.4 Å². The lowest BCUT2D eigenvalue weighted by Gasteiger charge is -2.13. The van der Waals surface area contributed by atoms with Crippen LogP contribution in [-0.2, 0) is 4.79 Å². The number of benzene rings is 2. The van der Waals surface area contributed by atoms with Gasteiger partial charge in [0.15, 0.2) is 0 Å². The number of ether oxygens (including phenoxy) is 1. The lowest BCUT2D eigenvalue weighted by atomic mass is 10.1. The minimum absolute atomic E-state index is 0.0605. The van der Waals surface area contributed by atoms with Crippen LogP contribution in [0.3, 0.4) is 0 Å². The Kier molecular flexibility index (Phi) is 8.69. The maximum absolute atomic E-state index is 12.3. The molecule has 0 saturated carbocycles. The number of aryl methyl sites for hydroxylation is 2. The minimum atomic E-state index is -0.0605. The van der Waals surface area contributed by atoms with Crippen molar-refractivity contribution in [3.63, 3.8) is 0 Å². The van der Waals surface area contributed by atoms with Crippen molar-refractivity contribution in [2.45, 2.75) is 52.9 Å². The van der Waals surface area contributed by atoms with E-state index in [0.29, 0.717) is 0 Å². The van der Waals surface area contributed by atoms with Crippen molar-refractivity contribution in [1.82, 2.24) is 0 Å². The van der Waals surface area contributed by atoms with Gasteiger partial charge >= 0.3 is 0 Å². The Hall–Kier alpha value is -2.49. The predicted octanol–water partition coefficient (Wildman–Crippen LogP) is 5.70. The molecule has 2 aromatic rings. The number of carbonyl (C=O) groups is 1. The first-order valence-electron chi connectivity index (χ1n) is 9.93. The fourth-order valence-corrected chi connectivity index (χ4v) is 2.97. The van der Waals surface area contributed by atoms with Crippen LogP contribution in [0.4, 0.5) is 11.4 Å². The second kappa shape index (κ2) is 11.3. The maximum atomic E-state index is 12.3. The summed E-state index contributed by atoms with van der Waals surface area (Å²) in [5, 5.41) is 6.16. The normalized spacial score (nSPS) is 10.5. The monoisotopic (exact) mass is 368 g/mol. The van der Waals surface area contributed by atoms with Crippen LogP contribution in [0.25, 0.3) is 0 Å². The number of hydrogen-bond donors (Lipinski definition) is 2. The Morgan fingerprint density at radius 1 is 0.963 bits per heavy atom. The van der Waals surface area contributed by atoms with Gasteiger partial charge in [-0.15, -0.1) is 0 Å². The van der Waals surface area contributed by atoms with Crippen LogP contribution in [-0.4, -0.2) is 19.1 Å². The summed E-state index contributed by atoms with van der Waals surface area (Å²) in [7, 11) is 0. The molecule has 2 aromatic carbocycles. The van der Waals surface area contributed by atoms with Crippen LogP contribution in [0.1, 0.15) is 50.2 Å². The van der Waals surface area contributed by atoms with Crippen molar-refractivity contribution in [2.24, 2.45) is 0 Å². The Bertz CT molecular complexity index is 708. The highest BCUT2D eigenvalue weighted by atomic mass is 16.5. The smallest absolute Gasteiger partial charge is 0.243 e. The minimum Gasteiger partial charge on any atom is -0.494 e. The molecule has 146 valence electrons. The summed E-state index contributed by atoms with van der Waals surface area (Å²) in [6.45, 7) is 7.17. The second-order valence-corrected chi connectivity index (χ2v) is 6.96. The highest BCUT2D eigenvalue weighted by Crippen LogP contribution is 2.20. The first-order valence-corrected chi connectivity index (χ1v) is 9.93. The van der Waals surface area contributed by atoms with Gasteiger partial charge < -0.3 is 15.4 Å². The van der Waals surface area contributed by atoms with Gasteiger partial charge in [-0.05, 0) is 43.5 Å². The number of para-hydroxylation sites is 1. The molecule has 4 nitrogen and oxygen atoms in total. The molecule has 0 aliphatic rings. The predicted molar refractivity (Wildman–Crippen MR) is 114 cm³/mol. The SMILES string of the molecule is CCCCCCCOc1cccc(NCC(=O)Nc2c(C)cccc2C)c1. The van der Waals surface area contributed by atoms with Gasteiger partial charge in [-0.3, -0.25) is 4.79 Å². The maximum Gasteiger partial charge on any atom is 0.243 e. The molecule has 0 radical (unpaired) electrons. The highest BCUT2D eigenvalue weighted by molar-refractivity contribution is 5.95. The fraction of sp³-hybridized carbons (Fsp3) is 0.435. The van der Waals surface area contributed by atoms with Crippen LogP contribution >= 0.6 is 0 Å². The number of nitrogens with one attached hydrogen (secondary N) is 2. The number of rotatable bonds is 11. The molecule has 0 heterocycles. The molecular formula is C23H32N2O2. The van der Waals surface area contributed by atoms with Crippen molar-refractivity contribution in [3.8, 4) is 5.75 Å². The summed E-state index contributed by atoms with van der Waals surface area (Å²) in [6.07, 6.45) is 6.12. The highest BCUT2D eigenvalue weighted by Gasteiger charge is 2.07. The fourth-order valence-electron chi connectivity index (χ4n) is 2.97. The zero-order chi connectivity index (χ0) is 19.5. The van der Waals surface area contributed by atoms with Crippen LogP contribution in [0, 0.1) is 13.8 Å². The van der Waals surface area contributed by atoms with Crippen LogP contribution in [0.2, 0.25) is 0 Å². The lowest BCUT2D eigenvalue weighted by molar-refractivity contribution is -0.114. The summed E-state index contributed by atoms with van der Waals surface area (Å²) in [4.78, 5) is 12.3. The zero-order valence-corrected chi connectivity index (χ0v) is 16.8. The van der Waals surface area contributed by atoms with Crippen molar-refractivity contribution in [3.05, 3.63) is 53.6 Å². The lowest BCUT2D eigenvalue weighted by Crippen LogP contribution is -2.22. The average Bonchev–Trinajstić information content (AvgIpc) is 2.66. The van der Waals surface area contributed by atoms with E-state index < -0.39 is 0 Å². The molecule has 0 aromatic heterocycles. The van der Waals surface area contributed by atoms with Crippen molar-refractivity contribution in [2.75, 3.05) is 23.8 Å². The van der Waals surface area contributed by atoms with E-state index in [9.17, 15) is 4.79 Å². The summed E-state index contributed by atoms with van der Waals surface area (Å²) in [5.74, 6) is 0.778. The molecule has 0 atom stereocenters. The van der Waals surface area contributed by atoms with E-state index in [2.05, 4.69) is 17.6 Å². The van der Waals surface area contributed by atoms with Gasteiger partial charge in [0.05, 0.1) is 13.2 Å². The Labute approximate surface area is 163 Å². The molecule has 0 bridgehead atoms. The van der Waals surface area contributed by atoms with Gasteiger partial charge in [-0.2, -0.15) is 0 Å².